The second-order valence-electron chi connectivity index (χ2n) is 3.26. The molecule has 0 bridgehead atoms. The van der Waals surface area contributed by atoms with Crippen molar-refractivity contribution in [1.29, 1.82) is 0 Å². The molecule has 1 N–H and O–H groups in total. The highest BCUT2D eigenvalue weighted by Gasteiger charge is 2.17. The van der Waals surface area contributed by atoms with E-state index in [4.69, 9.17) is 21.1 Å². The minimum Gasteiger partial charge on any atom is -0.444 e. The largest absolute Gasteiger partial charge is 0.444 e. The molecule has 0 amide bonds. The summed E-state index contributed by atoms with van der Waals surface area (Å²) in [6, 6.07) is 1.06. The quantitative estimate of drug-likeness (QED) is 0.621. The number of hydrogen-bond acceptors (Lipinski definition) is 3. The molecule has 1 rings (SSSR count). The Balaban J connectivity index is 2.80. The summed E-state index contributed by atoms with van der Waals surface area (Å²) >= 11 is 13.6. The fourth-order valence-corrected chi connectivity index (χ4v) is 6.19. The molecule has 0 unspecified atom stereocenters. The van der Waals surface area contributed by atoms with E-state index in [-0.39, 0.29) is 6.61 Å². The van der Waals surface area contributed by atoms with Crippen LogP contribution in [0.3, 0.4) is 0 Å². The molecule has 0 fully saturated rings. The van der Waals surface area contributed by atoms with Gasteiger partial charge in [0.25, 0.3) is 0 Å². The minimum absolute atomic E-state index is 0.211. The summed E-state index contributed by atoms with van der Waals surface area (Å²) in [5, 5.41) is 10.1. The van der Waals surface area contributed by atoms with Gasteiger partial charge in [0.05, 0.1) is 0 Å². The topological polar surface area (TPSA) is 33.4 Å². The molecule has 1 aromatic rings. The van der Waals surface area contributed by atoms with Crippen LogP contribution in [0.4, 0.5) is 0 Å². The first-order valence-electron chi connectivity index (χ1n) is 4.88. The van der Waals surface area contributed by atoms with Crippen molar-refractivity contribution in [2.24, 2.45) is 0 Å². The van der Waals surface area contributed by atoms with E-state index in [2.05, 4.69) is 28.6 Å². The predicted octanol–water partition coefficient (Wildman–Crippen LogP) is 2.97. The van der Waals surface area contributed by atoms with Gasteiger partial charge in [0, 0.05) is 6.61 Å². The van der Waals surface area contributed by atoms with Gasteiger partial charge in [-0.15, -0.1) is 0 Å². The third-order valence-corrected chi connectivity index (χ3v) is 6.91. The number of hydrogen-bond donors (Lipinski definition) is 2. The first kappa shape index (κ1) is 13.8. The van der Waals surface area contributed by atoms with Gasteiger partial charge in [-0.2, -0.15) is 12.6 Å². The summed E-state index contributed by atoms with van der Waals surface area (Å²) in [6.45, 7) is 0.211. The summed E-state index contributed by atoms with van der Waals surface area (Å²) in [5.74, 6) is 0.878. The molecule has 1 heterocycles. The Labute approximate surface area is 110 Å². The third kappa shape index (κ3) is 3.89. The normalized spacial score (nSPS) is 10.9. The average molecular weight is 330 g/mol. The van der Waals surface area contributed by atoms with E-state index in [0.29, 0.717) is 4.83 Å². The molecule has 0 radical (unpaired) electrons. The van der Waals surface area contributed by atoms with Gasteiger partial charge in [-0.3, -0.25) is 0 Å². The van der Waals surface area contributed by atoms with Crippen LogP contribution in [0, 0.1) is 0 Å². The minimum atomic E-state index is -0.879. The standard InChI is InChI=1S/C9H14BrClO2SSi/c10-8-7(3-1-4-12)15(6-2-5-14)9(11)13-8/h12,14H,1-6H2. The molecule has 1 aromatic heterocycles. The maximum absolute atomic E-state index is 8.82. The van der Waals surface area contributed by atoms with Gasteiger partial charge < -0.3 is 9.52 Å². The highest BCUT2D eigenvalue weighted by atomic mass is 79.9. The molecule has 2 nitrogen and oxygen atoms in total. The molecule has 0 saturated heterocycles. The van der Waals surface area contributed by atoms with E-state index in [1.165, 1.54) is 5.17 Å². The van der Waals surface area contributed by atoms with Crippen LogP contribution in [0.1, 0.15) is 18.0 Å². The van der Waals surface area contributed by atoms with E-state index in [0.717, 1.165) is 35.7 Å². The number of halogens is 2. The van der Waals surface area contributed by atoms with Gasteiger partial charge in [-0.25, -0.2) is 0 Å². The van der Waals surface area contributed by atoms with Crippen molar-refractivity contribution >= 4 is 48.6 Å². The molecule has 0 aromatic carbocycles. The average Bonchev–Trinajstić information content (AvgIpc) is 2.47. The Morgan fingerprint density at radius 1 is 1.47 bits per heavy atom. The molecule has 6 heteroatoms. The van der Waals surface area contributed by atoms with E-state index in [1.54, 1.807) is 0 Å². The lowest BCUT2D eigenvalue weighted by molar-refractivity contribution is 0.288. The number of aliphatic hydroxyl groups excluding tert-OH is 1. The molecule has 0 aliphatic heterocycles. The first-order valence-corrected chi connectivity index (χ1v) is 8.39. The zero-order chi connectivity index (χ0) is 11.3. The Morgan fingerprint density at radius 2 is 2.20 bits per heavy atom. The molecule has 0 aliphatic rings. The van der Waals surface area contributed by atoms with Crippen molar-refractivity contribution in [3.63, 3.8) is 0 Å². The Bertz CT molecular complexity index is 291. The van der Waals surface area contributed by atoms with Crippen molar-refractivity contribution < 1.29 is 9.52 Å². The second-order valence-corrected chi connectivity index (χ2v) is 7.60. The maximum Gasteiger partial charge on any atom is 0.169 e. The predicted molar refractivity (Wildman–Crippen MR) is 71.2 cm³/mol. The molecule has 0 saturated carbocycles. The van der Waals surface area contributed by atoms with Crippen LogP contribution in [0.25, 0.3) is 0 Å². The van der Waals surface area contributed by atoms with Gasteiger partial charge >= 0.3 is 0 Å². The number of rotatable bonds is 6. The molecular formula is C9H14BrClO2SSi. The van der Waals surface area contributed by atoms with Crippen molar-refractivity contribution in [2.45, 2.75) is 25.3 Å². The van der Waals surface area contributed by atoms with Gasteiger partial charge in [-0.1, -0.05) is 0 Å². The summed E-state index contributed by atoms with van der Waals surface area (Å²) in [5.41, 5.74) is 0. The van der Waals surface area contributed by atoms with Gasteiger partial charge in [0.15, 0.2) is 9.50 Å². The summed E-state index contributed by atoms with van der Waals surface area (Å²) in [4.78, 5) is 0.640. The number of thiol groups is 1. The zero-order valence-electron chi connectivity index (χ0n) is 8.30. The fraction of sp³-hybridized carbons (Fsp3) is 0.667. The van der Waals surface area contributed by atoms with E-state index in [1.807, 2.05) is 0 Å². The molecule has 0 spiro atoms. The van der Waals surface area contributed by atoms with Crippen LogP contribution in [-0.4, -0.2) is 25.9 Å². The van der Waals surface area contributed by atoms with Crippen molar-refractivity contribution in [1.82, 2.24) is 0 Å². The Morgan fingerprint density at radius 3 is 2.80 bits per heavy atom. The molecule has 0 aliphatic carbocycles. The van der Waals surface area contributed by atoms with E-state index in [9.17, 15) is 0 Å². The highest BCUT2D eigenvalue weighted by Crippen LogP contribution is 2.26. The van der Waals surface area contributed by atoms with Crippen molar-refractivity contribution in [3.8, 4) is 0 Å². The smallest absolute Gasteiger partial charge is 0.169 e. The van der Waals surface area contributed by atoms with Crippen LogP contribution in [0.2, 0.25) is 4.83 Å². The monoisotopic (exact) mass is 328 g/mol. The first-order chi connectivity index (χ1) is 7.20. The molecule has 0 atom stereocenters. The van der Waals surface area contributed by atoms with Crippen LogP contribution < -0.4 is 0 Å². The van der Waals surface area contributed by atoms with E-state index >= 15 is 0 Å². The fourth-order valence-electron chi connectivity index (χ4n) is 1.45. The molecule has 86 valence electrons. The Hall–Kier alpha value is 0.707. The third-order valence-electron chi connectivity index (χ3n) is 2.19. The summed E-state index contributed by atoms with van der Waals surface area (Å²) in [7, 11) is -0.879. The summed E-state index contributed by atoms with van der Waals surface area (Å²) in [6.07, 6.45) is 2.70. The van der Waals surface area contributed by atoms with Crippen LogP contribution in [-0.2, 0) is 12.5 Å². The second kappa shape index (κ2) is 7.11. The summed E-state index contributed by atoms with van der Waals surface area (Å²) < 4.78 is 6.17. The lowest BCUT2D eigenvalue weighted by atomic mass is 10.3. The SMILES string of the molecule is OCCCc1c(Br)oc(Cl)[si]1CCCS. The van der Waals surface area contributed by atoms with Crippen LogP contribution in [0.5, 0.6) is 0 Å². The maximum atomic E-state index is 8.82. The van der Waals surface area contributed by atoms with Crippen LogP contribution >= 0.6 is 40.2 Å². The van der Waals surface area contributed by atoms with Gasteiger partial charge in [0.1, 0.15) is 8.40 Å². The zero-order valence-corrected chi connectivity index (χ0v) is 12.5. The lowest BCUT2D eigenvalue weighted by Crippen LogP contribution is -2.07. The van der Waals surface area contributed by atoms with Crippen molar-refractivity contribution in [3.05, 3.63) is 14.7 Å². The lowest BCUT2D eigenvalue weighted by Gasteiger charge is -2.00. The van der Waals surface area contributed by atoms with Crippen LogP contribution in [0.15, 0.2) is 9.09 Å². The van der Waals surface area contributed by atoms with Crippen molar-refractivity contribution in [2.75, 3.05) is 12.4 Å². The van der Waals surface area contributed by atoms with Gasteiger partial charge in [-0.05, 0) is 63.8 Å². The number of aliphatic hydroxyl groups is 1. The highest BCUT2D eigenvalue weighted by molar-refractivity contribution is 9.10. The molecule has 15 heavy (non-hydrogen) atoms. The van der Waals surface area contributed by atoms with Gasteiger partial charge in [0.2, 0.25) is 0 Å². The Kier molecular flexibility index (Phi) is 6.53. The molecular weight excluding hydrogens is 316 g/mol. The van der Waals surface area contributed by atoms with E-state index < -0.39 is 8.40 Å².